The third-order valence-corrected chi connectivity index (χ3v) is 9.07. The Morgan fingerprint density at radius 1 is 0.643 bits per heavy atom. The summed E-state index contributed by atoms with van der Waals surface area (Å²) in [6.45, 7) is 3.66. The fraction of sp³-hybridized carbons (Fsp3) is 0.350. The number of aromatic hydroxyl groups is 2. The number of carboxylic acid groups (broad SMARTS) is 2. The molecule has 0 aliphatic rings. The summed E-state index contributed by atoms with van der Waals surface area (Å²) in [5.74, 6) is -5.93. The topological polar surface area (TPSA) is 273 Å². The first-order valence-corrected chi connectivity index (χ1v) is 18.1. The lowest BCUT2D eigenvalue weighted by molar-refractivity contribution is -0.143. The molecule has 0 spiro atoms. The second kappa shape index (κ2) is 19.8. The van der Waals surface area contributed by atoms with Crippen molar-refractivity contribution in [3.63, 3.8) is 0 Å². The molecule has 16 heteroatoms. The van der Waals surface area contributed by atoms with Crippen LogP contribution < -0.4 is 27.0 Å². The number of carbonyl (C=O) groups excluding carboxylic acids is 4. The number of rotatable bonds is 20. The van der Waals surface area contributed by atoms with E-state index in [1.54, 1.807) is 30.5 Å². The fourth-order valence-corrected chi connectivity index (χ4v) is 6.11. The average Bonchev–Trinajstić information content (AvgIpc) is 3.56. The first-order valence-electron chi connectivity index (χ1n) is 18.1. The molecule has 0 aliphatic heterocycles. The summed E-state index contributed by atoms with van der Waals surface area (Å²) in [4.78, 5) is 81.6. The number of phenols is 2. The number of H-pyrrole nitrogens is 1. The molecule has 0 saturated heterocycles. The van der Waals surface area contributed by atoms with E-state index in [-0.39, 0.29) is 43.1 Å². The number of nitrogens with one attached hydrogen (secondary N) is 5. The normalized spacial score (nSPS) is 13.9. The molecule has 0 fully saturated rings. The van der Waals surface area contributed by atoms with E-state index in [0.29, 0.717) is 16.7 Å². The highest BCUT2D eigenvalue weighted by molar-refractivity contribution is 5.96. The van der Waals surface area contributed by atoms with Gasteiger partial charge in [-0.25, -0.2) is 4.79 Å². The monoisotopic (exact) mass is 772 g/mol. The van der Waals surface area contributed by atoms with Gasteiger partial charge in [0.2, 0.25) is 23.6 Å². The lowest BCUT2D eigenvalue weighted by Gasteiger charge is -2.27. The molecule has 1 heterocycles. The van der Waals surface area contributed by atoms with Crippen LogP contribution in [0.2, 0.25) is 0 Å². The summed E-state index contributed by atoms with van der Waals surface area (Å²) in [5, 5.41) is 49.9. The molecule has 0 saturated carbocycles. The second-order valence-corrected chi connectivity index (χ2v) is 14.1. The number of nitrogens with two attached hydrogens (primary N) is 1. The van der Waals surface area contributed by atoms with Crippen molar-refractivity contribution in [1.29, 1.82) is 0 Å². The third-order valence-electron chi connectivity index (χ3n) is 9.07. The Balaban J connectivity index is 1.54. The summed E-state index contributed by atoms with van der Waals surface area (Å²) < 4.78 is 0. The van der Waals surface area contributed by atoms with Crippen molar-refractivity contribution < 1.29 is 49.2 Å². The molecule has 16 nitrogen and oxygen atoms in total. The zero-order valence-corrected chi connectivity index (χ0v) is 31.0. The van der Waals surface area contributed by atoms with Gasteiger partial charge in [-0.05, 0) is 72.2 Å². The van der Waals surface area contributed by atoms with E-state index in [2.05, 4.69) is 26.3 Å². The Bertz CT molecular complexity index is 2000. The molecule has 56 heavy (non-hydrogen) atoms. The number of phenolic OH excluding ortho intramolecular Hbond substituents is 2. The van der Waals surface area contributed by atoms with E-state index in [1.165, 1.54) is 36.4 Å². The standard InChI is InChI=1S/C40H48N6O10/c1-22(2)17-32(44-36(51)29(41)18-23-7-11-26(47)12-8-23)38(53)45-33(19-24-9-13-27(48)14-10-24)39(54)43-31(15-16-35(49)50)37(52)46-34(40(55)56)20-25-21-42-30-6-4-3-5-28(25)30/h3-14,21-22,29,31-34,42,47-48H,15-20,41H2,1-2H3,(H,43,54)(H,44,51)(H,45,53)(H,46,52)(H,49,50)(H,55,56). The summed E-state index contributed by atoms with van der Waals surface area (Å²) >= 11 is 0. The van der Waals surface area contributed by atoms with Gasteiger partial charge in [0.25, 0.3) is 0 Å². The minimum absolute atomic E-state index is 0.0473. The molecule has 3 aromatic carbocycles. The quantitative estimate of drug-likeness (QED) is 0.0619. The van der Waals surface area contributed by atoms with Gasteiger partial charge in [-0.3, -0.25) is 24.0 Å². The van der Waals surface area contributed by atoms with Crippen molar-refractivity contribution in [3.05, 3.63) is 95.7 Å². The van der Waals surface area contributed by atoms with Gasteiger partial charge in [0.1, 0.15) is 35.7 Å². The lowest BCUT2D eigenvalue weighted by Crippen LogP contribution is -2.59. The highest BCUT2D eigenvalue weighted by atomic mass is 16.4. The van der Waals surface area contributed by atoms with Gasteiger partial charge in [0.05, 0.1) is 6.04 Å². The predicted octanol–water partition coefficient (Wildman–Crippen LogP) is 1.87. The number of fused-ring (bicyclic) bond motifs is 1. The van der Waals surface area contributed by atoms with E-state index in [1.807, 2.05) is 26.0 Å². The molecule has 0 radical (unpaired) electrons. The number of hydrogen-bond acceptors (Lipinski definition) is 9. The number of carbonyl (C=O) groups is 6. The molecule has 4 amide bonds. The summed E-state index contributed by atoms with van der Waals surface area (Å²) in [7, 11) is 0. The van der Waals surface area contributed by atoms with Crippen LogP contribution in [0.25, 0.3) is 10.9 Å². The number of hydrogen-bond donors (Lipinski definition) is 10. The zero-order chi connectivity index (χ0) is 40.9. The number of aromatic amines is 1. The SMILES string of the molecule is CC(C)CC(NC(=O)C(N)Cc1ccc(O)cc1)C(=O)NC(Cc1ccc(O)cc1)C(=O)NC(CCC(=O)O)C(=O)NC(Cc1c[nH]c2ccccc12)C(=O)O. The van der Waals surface area contributed by atoms with Gasteiger partial charge >= 0.3 is 11.9 Å². The van der Waals surface area contributed by atoms with Crippen molar-refractivity contribution in [2.75, 3.05) is 0 Å². The maximum absolute atomic E-state index is 14.0. The highest BCUT2D eigenvalue weighted by Crippen LogP contribution is 2.20. The Labute approximate surface area is 322 Å². The minimum atomic E-state index is -1.52. The molecule has 0 aliphatic carbocycles. The van der Waals surface area contributed by atoms with Gasteiger partial charge in [0.15, 0.2) is 0 Å². The van der Waals surface area contributed by atoms with Crippen LogP contribution in [0.1, 0.15) is 49.8 Å². The van der Waals surface area contributed by atoms with E-state index in [9.17, 15) is 49.2 Å². The minimum Gasteiger partial charge on any atom is -0.508 e. The third kappa shape index (κ3) is 12.6. The number of carboxylic acids is 2. The van der Waals surface area contributed by atoms with Crippen molar-refractivity contribution in [2.24, 2.45) is 11.7 Å². The average molecular weight is 773 g/mol. The molecule has 4 aromatic rings. The van der Waals surface area contributed by atoms with Crippen molar-refractivity contribution >= 4 is 46.5 Å². The van der Waals surface area contributed by atoms with Gasteiger partial charge in [-0.1, -0.05) is 56.3 Å². The lowest BCUT2D eigenvalue weighted by atomic mass is 9.99. The molecule has 0 bridgehead atoms. The van der Waals surface area contributed by atoms with Crippen molar-refractivity contribution in [3.8, 4) is 11.5 Å². The maximum Gasteiger partial charge on any atom is 0.326 e. The fourth-order valence-electron chi connectivity index (χ4n) is 6.11. The smallest absolute Gasteiger partial charge is 0.326 e. The Kier molecular flexibility index (Phi) is 14.9. The first-order chi connectivity index (χ1) is 26.6. The van der Waals surface area contributed by atoms with Gasteiger partial charge < -0.3 is 52.4 Å². The summed E-state index contributed by atoms with van der Waals surface area (Å²) in [5.41, 5.74) is 8.72. The van der Waals surface area contributed by atoms with Crippen LogP contribution in [0.15, 0.2) is 79.0 Å². The number of para-hydroxylation sites is 1. The summed E-state index contributed by atoms with van der Waals surface area (Å²) in [6, 6.07) is 12.6. The molecule has 5 atom stereocenters. The second-order valence-electron chi connectivity index (χ2n) is 14.1. The number of amides is 4. The zero-order valence-electron chi connectivity index (χ0n) is 31.0. The van der Waals surface area contributed by atoms with Crippen LogP contribution in [0, 0.1) is 5.92 Å². The van der Waals surface area contributed by atoms with Gasteiger partial charge in [0, 0.05) is 36.4 Å². The molecule has 11 N–H and O–H groups in total. The maximum atomic E-state index is 14.0. The highest BCUT2D eigenvalue weighted by Gasteiger charge is 2.33. The Morgan fingerprint density at radius 3 is 1.75 bits per heavy atom. The van der Waals surface area contributed by atoms with Gasteiger partial charge in [-0.2, -0.15) is 0 Å². The van der Waals surface area contributed by atoms with E-state index in [4.69, 9.17) is 5.73 Å². The van der Waals surface area contributed by atoms with Crippen LogP contribution >= 0.6 is 0 Å². The molecule has 1 aromatic heterocycles. The van der Waals surface area contributed by atoms with Crippen LogP contribution in [0.4, 0.5) is 0 Å². The predicted molar refractivity (Wildman–Crippen MR) is 205 cm³/mol. The van der Waals surface area contributed by atoms with Crippen molar-refractivity contribution in [1.82, 2.24) is 26.3 Å². The largest absolute Gasteiger partial charge is 0.508 e. The number of benzene rings is 3. The summed E-state index contributed by atoms with van der Waals surface area (Å²) in [6.07, 6.45) is 0.674. The molecule has 5 unspecified atom stereocenters. The first kappa shape index (κ1) is 42.3. The number of aromatic nitrogens is 1. The molecule has 4 rings (SSSR count). The van der Waals surface area contributed by atoms with Crippen LogP contribution in [-0.4, -0.2) is 91.2 Å². The van der Waals surface area contributed by atoms with Crippen LogP contribution in [0.3, 0.4) is 0 Å². The Morgan fingerprint density at radius 2 is 1.16 bits per heavy atom. The molecular formula is C40H48N6O10. The van der Waals surface area contributed by atoms with Crippen LogP contribution in [0.5, 0.6) is 11.5 Å². The van der Waals surface area contributed by atoms with Gasteiger partial charge in [-0.15, -0.1) is 0 Å². The van der Waals surface area contributed by atoms with E-state index in [0.717, 1.165) is 10.9 Å². The molecule has 298 valence electrons. The van der Waals surface area contributed by atoms with E-state index < -0.39 is 78.6 Å². The Hall–Kier alpha value is -6.42. The van der Waals surface area contributed by atoms with E-state index >= 15 is 0 Å². The number of aliphatic carboxylic acids is 2. The van der Waals surface area contributed by atoms with Crippen LogP contribution in [-0.2, 0) is 48.0 Å². The molecular weight excluding hydrogens is 724 g/mol. The van der Waals surface area contributed by atoms with Crippen molar-refractivity contribution in [2.45, 2.75) is 82.6 Å².